The van der Waals surface area contributed by atoms with Crippen molar-refractivity contribution in [1.82, 2.24) is 15.1 Å². The third-order valence-corrected chi connectivity index (χ3v) is 2.41. The first-order chi connectivity index (χ1) is 7.24. The standard InChI is InChI=1S/C11H19N3O/c1-3-12-8-7-11(15)5-4-10-6-9-13-14(10)2/h6,9,12H,3-5,7-8H2,1-2H3. The Morgan fingerprint density at radius 3 is 2.93 bits per heavy atom. The van der Waals surface area contributed by atoms with Crippen LogP contribution in [0, 0.1) is 0 Å². The summed E-state index contributed by atoms with van der Waals surface area (Å²) < 4.78 is 1.82. The summed E-state index contributed by atoms with van der Waals surface area (Å²) >= 11 is 0. The lowest BCUT2D eigenvalue weighted by molar-refractivity contribution is -0.118. The van der Waals surface area contributed by atoms with Crippen LogP contribution in [0.2, 0.25) is 0 Å². The van der Waals surface area contributed by atoms with Crippen LogP contribution in [-0.2, 0) is 18.3 Å². The van der Waals surface area contributed by atoms with Crippen LogP contribution in [0.3, 0.4) is 0 Å². The third-order valence-electron chi connectivity index (χ3n) is 2.41. The van der Waals surface area contributed by atoms with Gasteiger partial charge < -0.3 is 5.32 Å². The minimum atomic E-state index is 0.317. The summed E-state index contributed by atoms with van der Waals surface area (Å²) in [5.41, 5.74) is 1.12. The van der Waals surface area contributed by atoms with E-state index in [2.05, 4.69) is 10.4 Å². The zero-order chi connectivity index (χ0) is 11.1. The molecule has 0 fully saturated rings. The Bertz CT molecular complexity index is 307. The smallest absolute Gasteiger partial charge is 0.134 e. The second-order valence-corrected chi connectivity index (χ2v) is 3.59. The van der Waals surface area contributed by atoms with Gasteiger partial charge in [0.25, 0.3) is 0 Å². The van der Waals surface area contributed by atoms with Crippen LogP contribution >= 0.6 is 0 Å². The predicted octanol–water partition coefficient (Wildman–Crippen LogP) is 0.921. The Morgan fingerprint density at radius 1 is 1.53 bits per heavy atom. The molecule has 0 bridgehead atoms. The number of Topliss-reactive ketones (excluding diaryl/α,β-unsaturated/α-hetero) is 1. The van der Waals surface area contributed by atoms with E-state index in [0.29, 0.717) is 18.6 Å². The van der Waals surface area contributed by atoms with Crippen LogP contribution in [0.1, 0.15) is 25.5 Å². The van der Waals surface area contributed by atoms with E-state index in [1.165, 1.54) is 0 Å². The maximum Gasteiger partial charge on any atom is 0.134 e. The molecule has 4 heteroatoms. The van der Waals surface area contributed by atoms with Crippen molar-refractivity contribution in [3.05, 3.63) is 18.0 Å². The van der Waals surface area contributed by atoms with Crippen molar-refractivity contribution in [2.45, 2.75) is 26.2 Å². The minimum absolute atomic E-state index is 0.317. The van der Waals surface area contributed by atoms with Crippen molar-refractivity contribution < 1.29 is 4.79 Å². The molecule has 15 heavy (non-hydrogen) atoms. The summed E-state index contributed by atoms with van der Waals surface area (Å²) in [6.45, 7) is 3.76. The van der Waals surface area contributed by atoms with Crippen LogP contribution in [-0.4, -0.2) is 28.7 Å². The lowest BCUT2D eigenvalue weighted by Gasteiger charge is -2.02. The fourth-order valence-electron chi connectivity index (χ4n) is 1.44. The normalized spacial score (nSPS) is 10.5. The average molecular weight is 209 g/mol. The Kier molecular flexibility index (Phi) is 5.04. The number of nitrogens with zero attached hydrogens (tertiary/aromatic N) is 2. The highest BCUT2D eigenvalue weighted by atomic mass is 16.1. The Balaban J connectivity index is 2.20. The largest absolute Gasteiger partial charge is 0.317 e. The van der Waals surface area contributed by atoms with Gasteiger partial charge in [0.1, 0.15) is 5.78 Å². The van der Waals surface area contributed by atoms with Crippen LogP contribution in [0.4, 0.5) is 0 Å². The highest BCUT2D eigenvalue weighted by Crippen LogP contribution is 2.02. The fraction of sp³-hybridized carbons (Fsp3) is 0.636. The molecule has 0 aliphatic carbocycles. The zero-order valence-electron chi connectivity index (χ0n) is 9.49. The van der Waals surface area contributed by atoms with Gasteiger partial charge in [-0.15, -0.1) is 0 Å². The molecule has 0 saturated carbocycles. The highest BCUT2D eigenvalue weighted by Gasteiger charge is 2.04. The van der Waals surface area contributed by atoms with Gasteiger partial charge in [-0.25, -0.2) is 0 Å². The van der Waals surface area contributed by atoms with Crippen molar-refractivity contribution in [3.63, 3.8) is 0 Å². The number of aromatic nitrogens is 2. The van der Waals surface area contributed by atoms with Crippen molar-refractivity contribution in [2.24, 2.45) is 7.05 Å². The third kappa shape index (κ3) is 4.25. The summed E-state index contributed by atoms with van der Waals surface area (Å²) in [4.78, 5) is 11.5. The molecule has 84 valence electrons. The molecule has 0 aliphatic rings. The van der Waals surface area contributed by atoms with Gasteiger partial charge >= 0.3 is 0 Å². The highest BCUT2D eigenvalue weighted by molar-refractivity contribution is 5.78. The van der Waals surface area contributed by atoms with Crippen LogP contribution in [0.5, 0.6) is 0 Å². The maximum absolute atomic E-state index is 11.5. The monoisotopic (exact) mass is 209 g/mol. The van der Waals surface area contributed by atoms with Crippen molar-refractivity contribution in [2.75, 3.05) is 13.1 Å². The number of hydrogen-bond acceptors (Lipinski definition) is 3. The first-order valence-electron chi connectivity index (χ1n) is 5.43. The summed E-state index contributed by atoms with van der Waals surface area (Å²) in [6, 6.07) is 1.96. The van der Waals surface area contributed by atoms with E-state index in [9.17, 15) is 4.79 Å². The minimum Gasteiger partial charge on any atom is -0.317 e. The number of carbonyl (C=O) groups is 1. The first kappa shape index (κ1) is 11.9. The summed E-state index contributed by atoms with van der Waals surface area (Å²) in [7, 11) is 1.90. The molecule has 1 aromatic heterocycles. The number of carbonyl (C=O) groups excluding carboxylic acids is 1. The predicted molar refractivity (Wildman–Crippen MR) is 59.7 cm³/mol. The molecule has 0 unspecified atom stereocenters. The van der Waals surface area contributed by atoms with Crippen molar-refractivity contribution >= 4 is 5.78 Å². The van der Waals surface area contributed by atoms with E-state index in [1.807, 2.05) is 24.7 Å². The molecule has 0 saturated heterocycles. The quantitative estimate of drug-likeness (QED) is 0.679. The van der Waals surface area contributed by atoms with Gasteiger partial charge in [0.15, 0.2) is 0 Å². The van der Waals surface area contributed by atoms with Gasteiger partial charge in [-0.05, 0) is 19.0 Å². The molecule has 0 spiro atoms. The maximum atomic E-state index is 11.5. The van der Waals surface area contributed by atoms with Gasteiger partial charge in [-0.1, -0.05) is 6.92 Å². The fourth-order valence-corrected chi connectivity index (χ4v) is 1.44. The van der Waals surface area contributed by atoms with Crippen molar-refractivity contribution in [1.29, 1.82) is 0 Å². The van der Waals surface area contributed by atoms with Crippen LogP contribution in [0.25, 0.3) is 0 Å². The number of hydrogen-bond donors (Lipinski definition) is 1. The van der Waals surface area contributed by atoms with Gasteiger partial charge in [-0.3, -0.25) is 9.48 Å². The van der Waals surface area contributed by atoms with Gasteiger partial charge in [-0.2, -0.15) is 5.10 Å². The molecule has 0 aliphatic heterocycles. The number of ketones is 1. The van der Waals surface area contributed by atoms with E-state index in [4.69, 9.17) is 0 Å². The molecule has 0 atom stereocenters. The lowest BCUT2D eigenvalue weighted by Crippen LogP contribution is -2.17. The second kappa shape index (κ2) is 6.35. The molecule has 1 rings (SSSR count). The SMILES string of the molecule is CCNCCC(=O)CCc1ccnn1C. The molecular weight excluding hydrogens is 190 g/mol. The molecule has 1 N–H and O–H groups in total. The topological polar surface area (TPSA) is 46.9 Å². The van der Waals surface area contributed by atoms with Crippen LogP contribution < -0.4 is 5.32 Å². The molecule has 0 radical (unpaired) electrons. The average Bonchev–Trinajstić information content (AvgIpc) is 2.61. The second-order valence-electron chi connectivity index (χ2n) is 3.59. The zero-order valence-corrected chi connectivity index (χ0v) is 9.49. The van der Waals surface area contributed by atoms with E-state index < -0.39 is 0 Å². The lowest BCUT2D eigenvalue weighted by atomic mass is 10.1. The summed E-state index contributed by atoms with van der Waals surface area (Å²) in [5.74, 6) is 0.317. The Morgan fingerprint density at radius 2 is 2.33 bits per heavy atom. The van der Waals surface area contributed by atoms with Crippen molar-refractivity contribution in [3.8, 4) is 0 Å². The van der Waals surface area contributed by atoms with Gasteiger partial charge in [0.2, 0.25) is 0 Å². The van der Waals surface area contributed by atoms with Gasteiger partial charge in [0, 0.05) is 38.3 Å². The summed E-state index contributed by atoms with van der Waals surface area (Å²) in [6.07, 6.45) is 3.80. The molecule has 0 aromatic carbocycles. The molecule has 0 amide bonds. The van der Waals surface area contributed by atoms with E-state index >= 15 is 0 Å². The first-order valence-corrected chi connectivity index (χ1v) is 5.43. The van der Waals surface area contributed by atoms with E-state index in [1.54, 1.807) is 6.20 Å². The molecule has 1 aromatic rings. The number of aryl methyl sites for hydroxylation is 2. The van der Waals surface area contributed by atoms with Crippen LogP contribution in [0.15, 0.2) is 12.3 Å². The Hall–Kier alpha value is -1.16. The van der Waals surface area contributed by atoms with E-state index in [0.717, 1.165) is 25.2 Å². The molecule has 1 heterocycles. The number of nitrogens with one attached hydrogen (secondary N) is 1. The Labute approximate surface area is 90.7 Å². The van der Waals surface area contributed by atoms with Gasteiger partial charge in [0.05, 0.1) is 0 Å². The number of rotatable bonds is 7. The molecule has 4 nitrogen and oxygen atoms in total. The van der Waals surface area contributed by atoms with E-state index in [-0.39, 0.29) is 0 Å². The summed E-state index contributed by atoms with van der Waals surface area (Å²) in [5, 5.41) is 7.21. The molecular formula is C11H19N3O.